The Labute approximate surface area is 129 Å². The van der Waals surface area contributed by atoms with Gasteiger partial charge in [0.2, 0.25) is 0 Å². The third kappa shape index (κ3) is 3.01. The van der Waals surface area contributed by atoms with Gasteiger partial charge in [-0.2, -0.15) is 5.10 Å². The Hall–Kier alpha value is -1.65. The molecule has 110 valence electrons. The molecule has 4 heteroatoms. The number of fused-ring (bicyclic) bond motifs is 1. The predicted octanol–water partition coefficient (Wildman–Crippen LogP) is 3.92. The lowest BCUT2D eigenvalue weighted by Crippen LogP contribution is -2.22. The maximum atomic E-state index is 4.77. The second-order valence-corrected chi connectivity index (χ2v) is 6.29. The molecule has 0 spiro atoms. The van der Waals surface area contributed by atoms with Crippen LogP contribution in [0, 0.1) is 0 Å². The molecule has 3 nitrogen and oxygen atoms in total. The minimum atomic E-state index is 0.309. The second-order valence-electron chi connectivity index (χ2n) is 5.25. The smallest absolute Gasteiger partial charge is 0.0872 e. The van der Waals surface area contributed by atoms with Crippen molar-refractivity contribution >= 4 is 22.2 Å². The molecular weight excluding hydrogens is 278 g/mol. The standard InChI is InChI=1S/C17H21N3S/c1-3-18-15(11-10-13-7-6-12-21-13)17-14-8-4-5-9-16(14)20(2)19-17/h4-9,12,15,18H,3,10-11H2,1-2H3. The Balaban J connectivity index is 1.88. The van der Waals surface area contributed by atoms with Crippen molar-refractivity contribution < 1.29 is 0 Å². The van der Waals surface area contributed by atoms with E-state index in [0.29, 0.717) is 6.04 Å². The van der Waals surface area contributed by atoms with Crippen molar-refractivity contribution in [1.29, 1.82) is 0 Å². The zero-order chi connectivity index (χ0) is 14.7. The molecule has 0 aliphatic rings. The van der Waals surface area contributed by atoms with E-state index in [4.69, 9.17) is 5.10 Å². The maximum Gasteiger partial charge on any atom is 0.0872 e. The van der Waals surface area contributed by atoms with E-state index < -0.39 is 0 Å². The first-order valence-corrected chi connectivity index (χ1v) is 8.35. The maximum absolute atomic E-state index is 4.77. The van der Waals surface area contributed by atoms with E-state index in [2.05, 4.69) is 54.0 Å². The van der Waals surface area contributed by atoms with E-state index in [1.807, 2.05) is 23.1 Å². The van der Waals surface area contributed by atoms with Crippen LogP contribution < -0.4 is 5.32 Å². The van der Waals surface area contributed by atoms with Gasteiger partial charge in [0.15, 0.2) is 0 Å². The molecule has 0 bridgehead atoms. The fourth-order valence-corrected chi connectivity index (χ4v) is 3.55. The van der Waals surface area contributed by atoms with Crippen LogP contribution in [0.15, 0.2) is 41.8 Å². The highest BCUT2D eigenvalue weighted by atomic mass is 32.1. The van der Waals surface area contributed by atoms with Crippen molar-refractivity contribution in [2.75, 3.05) is 6.54 Å². The fourth-order valence-electron chi connectivity index (χ4n) is 2.82. The van der Waals surface area contributed by atoms with Crippen LogP contribution in [-0.4, -0.2) is 16.3 Å². The quantitative estimate of drug-likeness (QED) is 0.747. The summed E-state index contributed by atoms with van der Waals surface area (Å²) in [5.74, 6) is 0. The molecule has 2 aromatic heterocycles. The van der Waals surface area contributed by atoms with Gasteiger partial charge in [-0.1, -0.05) is 31.2 Å². The number of hydrogen-bond donors (Lipinski definition) is 1. The summed E-state index contributed by atoms with van der Waals surface area (Å²) in [7, 11) is 2.02. The summed E-state index contributed by atoms with van der Waals surface area (Å²) in [6.07, 6.45) is 2.18. The number of aromatic nitrogens is 2. The summed E-state index contributed by atoms with van der Waals surface area (Å²) < 4.78 is 1.99. The molecule has 0 aliphatic carbocycles. The van der Waals surface area contributed by atoms with Crippen LogP contribution in [0.5, 0.6) is 0 Å². The molecule has 1 aromatic carbocycles. The van der Waals surface area contributed by atoms with Gasteiger partial charge in [0, 0.05) is 17.3 Å². The first-order valence-electron chi connectivity index (χ1n) is 7.47. The number of thiophene rings is 1. The van der Waals surface area contributed by atoms with Crippen LogP contribution in [0.3, 0.4) is 0 Å². The fraction of sp³-hybridized carbons (Fsp3) is 0.353. The van der Waals surface area contributed by atoms with Crippen molar-refractivity contribution in [3.05, 3.63) is 52.3 Å². The van der Waals surface area contributed by atoms with Gasteiger partial charge in [-0.05, 0) is 36.9 Å². The van der Waals surface area contributed by atoms with Gasteiger partial charge in [0.25, 0.3) is 0 Å². The average molecular weight is 299 g/mol. The molecular formula is C17H21N3S. The van der Waals surface area contributed by atoms with Crippen LogP contribution in [-0.2, 0) is 13.5 Å². The molecule has 2 heterocycles. The van der Waals surface area contributed by atoms with Crippen LogP contribution in [0.2, 0.25) is 0 Å². The number of hydrogen-bond acceptors (Lipinski definition) is 3. The van der Waals surface area contributed by atoms with Crippen LogP contribution in [0.1, 0.15) is 30.0 Å². The van der Waals surface area contributed by atoms with Crippen molar-refractivity contribution in [2.24, 2.45) is 7.05 Å². The molecule has 3 aromatic rings. The van der Waals surface area contributed by atoms with E-state index in [-0.39, 0.29) is 0 Å². The SMILES string of the molecule is CCNC(CCc1cccs1)c1nn(C)c2ccccc12. The molecule has 1 N–H and O–H groups in total. The molecule has 0 radical (unpaired) electrons. The predicted molar refractivity (Wildman–Crippen MR) is 89.8 cm³/mol. The lowest BCUT2D eigenvalue weighted by Gasteiger charge is -2.15. The molecule has 1 atom stereocenters. The van der Waals surface area contributed by atoms with Gasteiger partial charge < -0.3 is 5.32 Å². The topological polar surface area (TPSA) is 29.9 Å². The Morgan fingerprint density at radius 1 is 1.24 bits per heavy atom. The summed E-state index contributed by atoms with van der Waals surface area (Å²) >= 11 is 1.83. The molecule has 0 aliphatic heterocycles. The molecule has 0 saturated carbocycles. The summed E-state index contributed by atoms with van der Waals surface area (Å²) in [4.78, 5) is 1.44. The van der Waals surface area contributed by atoms with Crippen molar-refractivity contribution in [1.82, 2.24) is 15.1 Å². The van der Waals surface area contributed by atoms with Crippen LogP contribution >= 0.6 is 11.3 Å². The number of nitrogens with one attached hydrogen (secondary N) is 1. The van der Waals surface area contributed by atoms with E-state index in [1.165, 1.54) is 21.5 Å². The number of benzene rings is 1. The third-order valence-corrected chi connectivity index (χ3v) is 4.76. The lowest BCUT2D eigenvalue weighted by molar-refractivity contribution is 0.501. The van der Waals surface area contributed by atoms with Crippen molar-refractivity contribution in [3.8, 4) is 0 Å². The first kappa shape index (κ1) is 14.3. The Kier molecular flexibility index (Phi) is 4.36. The highest BCUT2D eigenvalue weighted by molar-refractivity contribution is 7.09. The van der Waals surface area contributed by atoms with E-state index in [9.17, 15) is 0 Å². The van der Waals surface area contributed by atoms with E-state index in [1.54, 1.807) is 0 Å². The largest absolute Gasteiger partial charge is 0.309 e. The number of aryl methyl sites for hydroxylation is 2. The molecule has 0 fully saturated rings. The first-order chi connectivity index (χ1) is 10.3. The average Bonchev–Trinajstić information content (AvgIpc) is 3.13. The van der Waals surface area contributed by atoms with Gasteiger partial charge >= 0.3 is 0 Å². The summed E-state index contributed by atoms with van der Waals surface area (Å²) in [5, 5.41) is 11.8. The van der Waals surface area contributed by atoms with Crippen molar-refractivity contribution in [2.45, 2.75) is 25.8 Å². The normalized spacial score (nSPS) is 12.9. The zero-order valence-electron chi connectivity index (χ0n) is 12.5. The van der Waals surface area contributed by atoms with Gasteiger partial charge in [-0.15, -0.1) is 11.3 Å². The summed E-state index contributed by atoms with van der Waals surface area (Å²) in [6.45, 7) is 3.11. The molecule has 21 heavy (non-hydrogen) atoms. The Morgan fingerprint density at radius 3 is 2.86 bits per heavy atom. The Morgan fingerprint density at radius 2 is 2.10 bits per heavy atom. The number of rotatable bonds is 6. The van der Waals surface area contributed by atoms with Gasteiger partial charge in [0.1, 0.15) is 0 Å². The van der Waals surface area contributed by atoms with Crippen LogP contribution in [0.25, 0.3) is 10.9 Å². The highest BCUT2D eigenvalue weighted by Gasteiger charge is 2.18. The number of para-hydroxylation sites is 1. The zero-order valence-corrected chi connectivity index (χ0v) is 13.4. The second kappa shape index (κ2) is 6.41. The minimum Gasteiger partial charge on any atom is -0.309 e. The van der Waals surface area contributed by atoms with Gasteiger partial charge in [-0.3, -0.25) is 4.68 Å². The molecule has 0 saturated heterocycles. The van der Waals surface area contributed by atoms with Gasteiger partial charge in [-0.25, -0.2) is 0 Å². The minimum absolute atomic E-state index is 0.309. The monoisotopic (exact) mass is 299 g/mol. The summed E-state index contributed by atoms with van der Waals surface area (Å²) in [5.41, 5.74) is 2.37. The highest BCUT2D eigenvalue weighted by Crippen LogP contribution is 2.27. The van der Waals surface area contributed by atoms with Gasteiger partial charge in [0.05, 0.1) is 17.3 Å². The molecule has 0 amide bonds. The van der Waals surface area contributed by atoms with E-state index in [0.717, 1.165) is 19.4 Å². The Bertz CT molecular complexity index is 700. The van der Waals surface area contributed by atoms with Crippen molar-refractivity contribution in [3.63, 3.8) is 0 Å². The van der Waals surface area contributed by atoms with Crippen LogP contribution in [0.4, 0.5) is 0 Å². The number of nitrogens with zero attached hydrogens (tertiary/aromatic N) is 2. The molecule has 1 unspecified atom stereocenters. The van der Waals surface area contributed by atoms with E-state index >= 15 is 0 Å². The molecule has 3 rings (SSSR count). The lowest BCUT2D eigenvalue weighted by atomic mass is 10.0. The third-order valence-electron chi connectivity index (χ3n) is 3.83. The summed E-state index contributed by atoms with van der Waals surface area (Å²) in [6, 6.07) is 13.1.